The van der Waals surface area contributed by atoms with E-state index in [0.717, 1.165) is 12.8 Å². The van der Waals surface area contributed by atoms with E-state index >= 15 is 0 Å². The quantitative estimate of drug-likeness (QED) is 0.203. The molecule has 208 valence electrons. The third kappa shape index (κ3) is 6.54. The van der Waals surface area contributed by atoms with E-state index in [9.17, 15) is 9.90 Å². The van der Waals surface area contributed by atoms with Crippen LogP contribution in [0.5, 0.6) is 5.75 Å². The van der Waals surface area contributed by atoms with E-state index in [-0.39, 0.29) is 48.0 Å². The molecule has 14 nitrogen and oxygen atoms in total. The second-order valence-corrected chi connectivity index (χ2v) is 10.2. The van der Waals surface area contributed by atoms with Crippen molar-refractivity contribution < 1.29 is 14.3 Å². The molecule has 1 aromatic carbocycles. The van der Waals surface area contributed by atoms with Gasteiger partial charge in [0.15, 0.2) is 0 Å². The number of aromatic hydroxyl groups is 1. The maximum Gasteiger partial charge on any atom is 0.255 e. The first-order valence-corrected chi connectivity index (χ1v) is 12.9. The molecule has 0 bridgehead atoms. The molecule has 2 fully saturated rings. The Morgan fingerprint density at radius 2 is 1.51 bits per heavy atom. The minimum atomic E-state index is -0.435. The van der Waals surface area contributed by atoms with E-state index in [1.165, 1.54) is 18.4 Å². The predicted molar refractivity (Wildman–Crippen MR) is 147 cm³/mol. The molecule has 2 aliphatic rings. The van der Waals surface area contributed by atoms with E-state index < -0.39 is 5.91 Å². The highest BCUT2D eigenvalue weighted by atomic mass is 16.3. The van der Waals surface area contributed by atoms with E-state index in [2.05, 4.69) is 20.6 Å². The summed E-state index contributed by atoms with van der Waals surface area (Å²) in [5.41, 5.74) is 25.5. The van der Waals surface area contributed by atoms with Gasteiger partial charge in [0.05, 0.1) is 18.4 Å². The number of aromatic nitrogens is 3. The van der Waals surface area contributed by atoms with Gasteiger partial charge in [-0.2, -0.15) is 15.0 Å². The summed E-state index contributed by atoms with van der Waals surface area (Å²) in [5, 5.41) is 16.4. The van der Waals surface area contributed by atoms with Gasteiger partial charge in [-0.05, 0) is 37.1 Å². The molecule has 2 aliphatic heterocycles. The number of phenolic OH excluding ortho intramolecular Hbond substituents is 1. The maximum atomic E-state index is 12.6. The zero-order valence-corrected chi connectivity index (χ0v) is 21.5. The summed E-state index contributed by atoms with van der Waals surface area (Å²) in [6, 6.07) is 7.67. The van der Waals surface area contributed by atoms with Crippen molar-refractivity contribution >= 4 is 29.4 Å². The van der Waals surface area contributed by atoms with E-state index in [1.807, 2.05) is 9.80 Å². The highest BCUT2D eigenvalue weighted by Crippen LogP contribution is 2.27. The molecule has 5 rings (SSSR count). The van der Waals surface area contributed by atoms with Gasteiger partial charge in [0, 0.05) is 62.1 Å². The largest absolute Gasteiger partial charge is 0.507 e. The van der Waals surface area contributed by atoms with Crippen molar-refractivity contribution in [3.63, 3.8) is 0 Å². The molecule has 3 aromatic rings. The lowest BCUT2D eigenvalue weighted by molar-refractivity contribution is 0.0945. The number of nitrogens with one attached hydrogen (secondary N) is 2. The van der Waals surface area contributed by atoms with Crippen molar-refractivity contribution in [3.05, 3.63) is 47.9 Å². The second-order valence-electron chi connectivity index (χ2n) is 10.2. The average molecular weight is 538 g/mol. The number of anilines is 4. The van der Waals surface area contributed by atoms with Crippen LogP contribution in [-0.4, -0.2) is 76.3 Å². The summed E-state index contributed by atoms with van der Waals surface area (Å²) in [5.74, 6) is 1.08. The molecular weight excluding hydrogens is 502 g/mol. The van der Waals surface area contributed by atoms with Gasteiger partial charge < -0.3 is 52.9 Å². The van der Waals surface area contributed by atoms with Crippen molar-refractivity contribution in [3.8, 4) is 5.75 Å². The molecule has 4 heterocycles. The van der Waals surface area contributed by atoms with Gasteiger partial charge in [-0.25, -0.2) is 0 Å². The predicted octanol–water partition coefficient (Wildman–Crippen LogP) is -0.427. The number of hydrogen-bond donors (Lipinski definition) is 7. The highest BCUT2D eigenvalue weighted by molar-refractivity contribution is 5.97. The fraction of sp³-hybridized carbons (Fsp3) is 0.440. The Hall–Kier alpha value is -3.98. The fourth-order valence-corrected chi connectivity index (χ4v) is 4.98. The lowest BCUT2D eigenvalue weighted by Gasteiger charge is -2.37. The first kappa shape index (κ1) is 26.6. The van der Waals surface area contributed by atoms with Crippen LogP contribution in [0, 0.1) is 0 Å². The second kappa shape index (κ2) is 11.4. The molecule has 39 heavy (non-hydrogen) atoms. The van der Waals surface area contributed by atoms with Gasteiger partial charge in [0.1, 0.15) is 11.5 Å². The molecule has 2 saturated heterocycles. The fourth-order valence-electron chi connectivity index (χ4n) is 4.98. The minimum Gasteiger partial charge on any atom is -0.507 e. The first-order valence-electron chi connectivity index (χ1n) is 12.9. The Kier molecular flexibility index (Phi) is 7.79. The van der Waals surface area contributed by atoms with Crippen LogP contribution in [0.2, 0.25) is 0 Å². The van der Waals surface area contributed by atoms with Gasteiger partial charge in [-0.15, -0.1) is 0 Å². The summed E-state index contributed by atoms with van der Waals surface area (Å²) in [6.45, 7) is 2.42. The first-order chi connectivity index (χ1) is 18.7. The Morgan fingerprint density at radius 3 is 2.03 bits per heavy atom. The summed E-state index contributed by atoms with van der Waals surface area (Å²) in [6.07, 6.45) is 2.96. The number of phenols is 1. The van der Waals surface area contributed by atoms with Crippen molar-refractivity contribution in [2.45, 2.75) is 43.6 Å². The van der Waals surface area contributed by atoms with E-state index in [4.69, 9.17) is 32.3 Å². The van der Waals surface area contributed by atoms with Gasteiger partial charge >= 0.3 is 0 Å². The van der Waals surface area contributed by atoms with Crippen molar-refractivity contribution in [2.24, 2.45) is 22.9 Å². The minimum absolute atomic E-state index is 0.106. The zero-order valence-electron chi connectivity index (χ0n) is 21.5. The standard InChI is InChI=1S/C25H35N11O3/c26-14-6-15(27)11-35(10-14)24-32-23(33-25(34-24)36-12-16(28)7-17(29)13-36)31-18-3-4-20(21(37)8-18)22(38)30-9-19-2-1-5-39-19/h1-5,8,14-17,37H,6-7,9-13,26-29H2,(H,30,38)(H,31,32,33,34). The van der Waals surface area contributed by atoms with Crippen molar-refractivity contribution in [1.82, 2.24) is 20.3 Å². The molecule has 2 aromatic heterocycles. The van der Waals surface area contributed by atoms with Gasteiger partial charge in [-0.1, -0.05) is 0 Å². The monoisotopic (exact) mass is 537 g/mol. The molecular formula is C25H35N11O3. The molecule has 4 unspecified atom stereocenters. The van der Waals surface area contributed by atoms with Crippen molar-refractivity contribution in [2.75, 3.05) is 41.3 Å². The number of amides is 1. The smallest absolute Gasteiger partial charge is 0.255 e. The lowest BCUT2D eigenvalue weighted by atomic mass is 10.0. The summed E-state index contributed by atoms with van der Waals surface area (Å²) in [7, 11) is 0. The third-order valence-corrected chi connectivity index (χ3v) is 6.71. The molecule has 0 saturated carbocycles. The number of nitrogens with two attached hydrogens (primary N) is 4. The number of benzene rings is 1. The molecule has 4 atom stereocenters. The molecule has 0 aliphatic carbocycles. The van der Waals surface area contributed by atoms with Gasteiger partial charge in [0.25, 0.3) is 5.91 Å². The van der Waals surface area contributed by atoms with E-state index in [0.29, 0.717) is 49.5 Å². The zero-order chi connectivity index (χ0) is 27.5. The van der Waals surface area contributed by atoms with Crippen LogP contribution in [0.15, 0.2) is 41.0 Å². The van der Waals surface area contributed by atoms with Crippen LogP contribution in [0.3, 0.4) is 0 Å². The Bertz CT molecular complexity index is 1220. The number of rotatable bonds is 7. The summed E-state index contributed by atoms with van der Waals surface area (Å²) in [4.78, 5) is 30.4. The Morgan fingerprint density at radius 1 is 0.923 bits per heavy atom. The molecule has 11 N–H and O–H groups in total. The number of piperidine rings is 2. The number of hydrogen-bond acceptors (Lipinski definition) is 13. The molecule has 14 heteroatoms. The van der Waals surface area contributed by atoms with Crippen molar-refractivity contribution in [1.29, 1.82) is 0 Å². The summed E-state index contributed by atoms with van der Waals surface area (Å²) >= 11 is 0. The maximum absolute atomic E-state index is 12.6. The normalized spacial score (nSPS) is 23.5. The van der Waals surface area contributed by atoms with Crippen LogP contribution < -0.4 is 43.4 Å². The van der Waals surface area contributed by atoms with E-state index in [1.54, 1.807) is 18.2 Å². The topological polar surface area (TPSA) is 224 Å². The van der Waals surface area contributed by atoms with Crippen LogP contribution in [0.25, 0.3) is 0 Å². The SMILES string of the molecule is NC1CC(N)CN(c2nc(Nc3ccc(C(=O)NCc4ccco4)c(O)c3)nc(N3CC(N)CC(N)C3)n2)C1. The Balaban J connectivity index is 1.38. The molecule has 0 radical (unpaired) electrons. The number of carbonyl (C=O) groups excluding carboxylic acids is 1. The van der Waals surface area contributed by atoms with Crippen LogP contribution in [-0.2, 0) is 6.54 Å². The van der Waals surface area contributed by atoms with Crippen LogP contribution >= 0.6 is 0 Å². The summed E-state index contributed by atoms with van der Waals surface area (Å²) < 4.78 is 5.22. The number of furan rings is 1. The van der Waals surface area contributed by atoms with Crippen LogP contribution in [0.1, 0.15) is 29.0 Å². The molecule has 1 amide bonds. The van der Waals surface area contributed by atoms with Gasteiger partial charge in [0.2, 0.25) is 17.8 Å². The molecule has 0 spiro atoms. The average Bonchev–Trinajstić information content (AvgIpc) is 3.40. The lowest BCUT2D eigenvalue weighted by Crippen LogP contribution is -2.54. The third-order valence-electron chi connectivity index (χ3n) is 6.71. The number of carbonyl (C=O) groups is 1. The van der Waals surface area contributed by atoms with Gasteiger partial charge in [-0.3, -0.25) is 4.79 Å². The number of nitrogens with zero attached hydrogens (tertiary/aromatic N) is 5. The van der Waals surface area contributed by atoms with Crippen LogP contribution in [0.4, 0.5) is 23.5 Å². The highest BCUT2D eigenvalue weighted by Gasteiger charge is 2.29. The Labute approximate surface area is 225 Å².